The van der Waals surface area contributed by atoms with E-state index in [-0.39, 0.29) is 11.5 Å². The molecule has 162 valence electrons. The minimum atomic E-state index is -0.421. The van der Waals surface area contributed by atoms with Crippen molar-refractivity contribution in [2.45, 2.75) is 77.6 Å². The van der Waals surface area contributed by atoms with Crippen LogP contribution in [0.4, 0.5) is 4.79 Å². The van der Waals surface area contributed by atoms with Crippen molar-refractivity contribution in [1.82, 2.24) is 4.90 Å². The zero-order valence-corrected chi connectivity index (χ0v) is 18.7. The summed E-state index contributed by atoms with van der Waals surface area (Å²) in [6.45, 7) is 8.13. The van der Waals surface area contributed by atoms with Crippen LogP contribution in [-0.4, -0.2) is 35.8 Å². The van der Waals surface area contributed by atoms with Crippen molar-refractivity contribution < 1.29 is 14.3 Å². The lowest BCUT2D eigenvalue weighted by Crippen LogP contribution is -2.59. The highest BCUT2D eigenvalue weighted by Gasteiger charge is 2.46. The fourth-order valence-corrected chi connectivity index (χ4v) is 4.78. The van der Waals surface area contributed by atoms with E-state index in [1.54, 1.807) is 0 Å². The number of benzene rings is 1. The molecule has 4 nitrogen and oxygen atoms in total. The van der Waals surface area contributed by atoms with E-state index >= 15 is 0 Å². The number of allylic oxidation sites excluding steroid dienone is 3. The molecule has 3 aliphatic rings. The highest BCUT2D eigenvalue weighted by Crippen LogP contribution is 2.45. The van der Waals surface area contributed by atoms with Crippen molar-refractivity contribution in [2.75, 3.05) is 13.1 Å². The molecule has 0 radical (unpaired) electrons. The van der Waals surface area contributed by atoms with Gasteiger partial charge in [-0.3, -0.25) is 0 Å². The fourth-order valence-electron chi connectivity index (χ4n) is 4.78. The first-order valence-corrected chi connectivity index (χ1v) is 11.3. The van der Waals surface area contributed by atoms with Crippen molar-refractivity contribution in [3.05, 3.63) is 59.2 Å². The van der Waals surface area contributed by atoms with Gasteiger partial charge in [-0.25, -0.2) is 4.79 Å². The average Bonchev–Trinajstić information content (AvgIpc) is 2.70. The maximum Gasteiger partial charge on any atom is 0.410 e. The lowest BCUT2D eigenvalue weighted by molar-refractivity contribution is -0.0380. The van der Waals surface area contributed by atoms with Gasteiger partial charge in [-0.2, -0.15) is 0 Å². The Bertz CT molecular complexity index is 812. The minimum absolute atomic E-state index is 0.167. The average molecular weight is 410 g/mol. The molecule has 1 saturated heterocycles. The molecule has 0 N–H and O–H groups in total. The van der Waals surface area contributed by atoms with Crippen LogP contribution < -0.4 is 0 Å². The van der Waals surface area contributed by atoms with Gasteiger partial charge in [-0.15, -0.1) is 0 Å². The zero-order chi connectivity index (χ0) is 21.2. The molecule has 2 aliphatic carbocycles. The molecule has 4 rings (SSSR count). The maximum absolute atomic E-state index is 12.2. The van der Waals surface area contributed by atoms with Crippen LogP contribution in [0.3, 0.4) is 0 Å². The van der Waals surface area contributed by atoms with Gasteiger partial charge in [0, 0.05) is 18.5 Å². The third kappa shape index (κ3) is 5.15. The number of ether oxygens (including phenoxy) is 2. The van der Waals surface area contributed by atoms with Crippen molar-refractivity contribution in [1.29, 1.82) is 0 Å². The van der Waals surface area contributed by atoms with E-state index in [2.05, 4.69) is 36.4 Å². The van der Waals surface area contributed by atoms with Gasteiger partial charge in [0.05, 0.1) is 12.7 Å². The molecule has 4 heteroatoms. The van der Waals surface area contributed by atoms with Crippen LogP contribution in [-0.2, 0) is 16.1 Å². The van der Waals surface area contributed by atoms with Crippen LogP contribution in [0.25, 0.3) is 0 Å². The summed E-state index contributed by atoms with van der Waals surface area (Å²) in [4.78, 5) is 14.1. The molecule has 1 spiro atoms. The Morgan fingerprint density at radius 2 is 1.83 bits per heavy atom. The number of hydrogen-bond donors (Lipinski definition) is 0. The third-order valence-corrected chi connectivity index (χ3v) is 6.51. The summed E-state index contributed by atoms with van der Waals surface area (Å²) in [6.07, 6.45) is 11.6. The molecule has 1 fully saturated rings. The lowest BCUT2D eigenvalue weighted by Gasteiger charge is -2.51. The number of nitrogens with zero attached hydrogens (tertiary/aromatic N) is 1. The third-order valence-electron chi connectivity index (χ3n) is 6.51. The Morgan fingerprint density at radius 3 is 2.43 bits per heavy atom. The predicted octanol–water partition coefficient (Wildman–Crippen LogP) is 6.03. The second-order valence-electron chi connectivity index (χ2n) is 10.2. The largest absolute Gasteiger partial charge is 0.444 e. The summed E-state index contributed by atoms with van der Waals surface area (Å²) < 4.78 is 11.6. The standard InChI is InChI=1S/C26H35NO3/c1-25(2,3)30-24(28)27-18-26(19-27)15-13-22(14-16-26)21-9-11-23(12-10-21)29-17-20-7-5-4-6-8-20/h4-9,13,23H,10-12,14-19H2,1-3H3. The molecule has 0 aromatic heterocycles. The van der Waals surface area contributed by atoms with Crippen LogP contribution in [0.15, 0.2) is 53.6 Å². The molecule has 0 bridgehead atoms. The molecule has 1 heterocycles. The minimum Gasteiger partial charge on any atom is -0.444 e. The van der Waals surface area contributed by atoms with Crippen molar-refractivity contribution in [3.63, 3.8) is 0 Å². The molecule has 1 aliphatic heterocycles. The topological polar surface area (TPSA) is 38.8 Å². The van der Waals surface area contributed by atoms with E-state index in [0.717, 1.165) is 45.2 Å². The first kappa shape index (κ1) is 21.2. The summed E-state index contributed by atoms with van der Waals surface area (Å²) in [5, 5.41) is 0. The van der Waals surface area contributed by atoms with Gasteiger partial charge in [-0.1, -0.05) is 42.5 Å². The number of amides is 1. The smallest absolute Gasteiger partial charge is 0.410 e. The molecule has 1 aromatic rings. The van der Waals surface area contributed by atoms with Gasteiger partial charge in [-0.05, 0) is 76.0 Å². The monoisotopic (exact) mass is 409 g/mol. The zero-order valence-electron chi connectivity index (χ0n) is 18.7. The maximum atomic E-state index is 12.2. The highest BCUT2D eigenvalue weighted by molar-refractivity contribution is 5.69. The van der Waals surface area contributed by atoms with Crippen LogP contribution in [0, 0.1) is 5.41 Å². The van der Waals surface area contributed by atoms with E-state index < -0.39 is 5.60 Å². The van der Waals surface area contributed by atoms with Crippen molar-refractivity contribution in [2.24, 2.45) is 5.41 Å². The molecule has 1 atom stereocenters. The van der Waals surface area contributed by atoms with E-state index in [1.165, 1.54) is 23.1 Å². The number of carbonyl (C=O) groups is 1. The molecule has 0 saturated carbocycles. The molecular weight excluding hydrogens is 374 g/mol. The van der Waals surface area contributed by atoms with E-state index in [1.807, 2.05) is 31.7 Å². The van der Waals surface area contributed by atoms with Gasteiger partial charge in [0.15, 0.2) is 0 Å². The Balaban J connectivity index is 1.24. The first-order valence-electron chi connectivity index (χ1n) is 11.3. The number of likely N-dealkylation sites (tertiary alicyclic amines) is 1. The normalized spacial score (nSPS) is 23.4. The SMILES string of the molecule is CC(C)(C)OC(=O)N1CC2(CC=C(C3=CCC(OCc4ccccc4)CC3)CC2)C1. The fraction of sp³-hybridized carbons (Fsp3) is 0.577. The Morgan fingerprint density at radius 1 is 1.10 bits per heavy atom. The van der Waals surface area contributed by atoms with Gasteiger partial charge in [0.2, 0.25) is 0 Å². The van der Waals surface area contributed by atoms with Gasteiger partial charge in [0.1, 0.15) is 5.60 Å². The molecular formula is C26H35NO3. The van der Waals surface area contributed by atoms with Crippen LogP contribution in [0.1, 0.15) is 64.9 Å². The molecule has 30 heavy (non-hydrogen) atoms. The predicted molar refractivity (Wildman–Crippen MR) is 119 cm³/mol. The summed E-state index contributed by atoms with van der Waals surface area (Å²) in [5.41, 5.74) is 4.14. The van der Waals surface area contributed by atoms with Gasteiger partial charge < -0.3 is 14.4 Å². The Hall–Kier alpha value is -2.07. The van der Waals surface area contributed by atoms with Crippen molar-refractivity contribution in [3.8, 4) is 0 Å². The molecule has 1 aromatic carbocycles. The van der Waals surface area contributed by atoms with Crippen LogP contribution in [0.2, 0.25) is 0 Å². The quantitative estimate of drug-likeness (QED) is 0.609. The summed E-state index contributed by atoms with van der Waals surface area (Å²) in [5.74, 6) is 0. The van der Waals surface area contributed by atoms with E-state index in [0.29, 0.717) is 12.7 Å². The summed E-state index contributed by atoms with van der Waals surface area (Å²) in [6, 6.07) is 10.4. The highest BCUT2D eigenvalue weighted by atomic mass is 16.6. The van der Waals surface area contributed by atoms with Crippen LogP contribution >= 0.6 is 0 Å². The summed E-state index contributed by atoms with van der Waals surface area (Å²) in [7, 11) is 0. The number of carbonyl (C=O) groups excluding carboxylic acids is 1. The van der Waals surface area contributed by atoms with E-state index in [9.17, 15) is 4.79 Å². The molecule has 1 unspecified atom stereocenters. The van der Waals surface area contributed by atoms with Crippen LogP contribution in [0.5, 0.6) is 0 Å². The Labute approximate surface area is 180 Å². The second kappa shape index (κ2) is 8.58. The second-order valence-corrected chi connectivity index (χ2v) is 10.2. The van der Waals surface area contributed by atoms with Gasteiger partial charge in [0.25, 0.3) is 0 Å². The van der Waals surface area contributed by atoms with Crippen molar-refractivity contribution >= 4 is 6.09 Å². The summed E-state index contributed by atoms with van der Waals surface area (Å²) >= 11 is 0. The first-order chi connectivity index (χ1) is 14.3. The van der Waals surface area contributed by atoms with Gasteiger partial charge >= 0.3 is 6.09 Å². The number of rotatable bonds is 4. The number of hydrogen-bond acceptors (Lipinski definition) is 3. The van der Waals surface area contributed by atoms with E-state index in [4.69, 9.17) is 9.47 Å². The molecule has 1 amide bonds. The Kier molecular flexibility index (Phi) is 6.06. The lowest BCUT2D eigenvalue weighted by atomic mass is 9.68.